The molecule has 25 heavy (non-hydrogen) atoms. The van der Waals surface area contributed by atoms with Gasteiger partial charge in [-0.15, -0.1) is 0 Å². The molecule has 0 unspecified atom stereocenters. The van der Waals surface area contributed by atoms with Crippen molar-refractivity contribution >= 4 is 6.09 Å². The van der Waals surface area contributed by atoms with Crippen LogP contribution >= 0.6 is 0 Å². The summed E-state index contributed by atoms with van der Waals surface area (Å²) in [5, 5.41) is 0. The molecule has 0 spiro atoms. The van der Waals surface area contributed by atoms with E-state index in [-0.39, 0.29) is 6.09 Å². The first-order chi connectivity index (χ1) is 11.8. The molecule has 1 saturated heterocycles. The van der Waals surface area contributed by atoms with E-state index in [2.05, 4.69) is 42.2 Å². The highest BCUT2D eigenvalue weighted by Gasteiger charge is 2.38. The highest BCUT2D eigenvalue weighted by atomic mass is 16.6. The van der Waals surface area contributed by atoms with E-state index in [1.807, 2.05) is 25.7 Å². The number of ether oxygens (including phenoxy) is 1. The summed E-state index contributed by atoms with van der Waals surface area (Å²) >= 11 is 0. The van der Waals surface area contributed by atoms with Crippen molar-refractivity contribution in [1.29, 1.82) is 0 Å². The van der Waals surface area contributed by atoms with Crippen LogP contribution in [0.1, 0.15) is 58.6 Å². The summed E-state index contributed by atoms with van der Waals surface area (Å²) in [6, 6.07) is 11.5. The van der Waals surface area contributed by atoms with Crippen molar-refractivity contribution in [3.05, 3.63) is 35.9 Å². The second-order valence-electron chi connectivity index (χ2n) is 8.60. The fraction of sp³-hybridized carbons (Fsp3) is 0.667. The second kappa shape index (κ2) is 7.36. The van der Waals surface area contributed by atoms with Crippen LogP contribution in [0.3, 0.4) is 0 Å². The molecule has 1 aromatic carbocycles. The minimum absolute atomic E-state index is 0.135. The van der Waals surface area contributed by atoms with Crippen molar-refractivity contribution in [2.24, 2.45) is 5.92 Å². The maximum Gasteiger partial charge on any atom is 0.410 e. The van der Waals surface area contributed by atoms with Crippen LogP contribution in [0, 0.1) is 5.92 Å². The van der Waals surface area contributed by atoms with E-state index in [1.165, 1.54) is 5.56 Å². The molecule has 0 N–H and O–H groups in total. The van der Waals surface area contributed by atoms with Gasteiger partial charge in [0.25, 0.3) is 0 Å². The highest BCUT2D eigenvalue weighted by Crippen LogP contribution is 2.32. The van der Waals surface area contributed by atoms with E-state index < -0.39 is 5.60 Å². The monoisotopic (exact) mass is 344 g/mol. The van der Waals surface area contributed by atoms with Gasteiger partial charge in [0, 0.05) is 25.2 Å². The van der Waals surface area contributed by atoms with Crippen LogP contribution in [0.5, 0.6) is 0 Å². The molecule has 1 saturated carbocycles. The Morgan fingerprint density at radius 1 is 1.24 bits per heavy atom. The number of carbonyl (C=O) groups excluding carboxylic acids is 1. The lowest BCUT2D eigenvalue weighted by molar-refractivity contribution is 0.0204. The Hall–Kier alpha value is -1.55. The largest absolute Gasteiger partial charge is 0.444 e. The van der Waals surface area contributed by atoms with Gasteiger partial charge in [-0.25, -0.2) is 4.79 Å². The quantitative estimate of drug-likeness (QED) is 0.790. The molecular weight excluding hydrogens is 312 g/mol. The number of hydrogen-bond donors (Lipinski definition) is 0. The van der Waals surface area contributed by atoms with Gasteiger partial charge in [0.15, 0.2) is 0 Å². The van der Waals surface area contributed by atoms with Crippen molar-refractivity contribution in [2.45, 2.75) is 64.6 Å². The predicted octanol–water partition coefficient (Wildman–Crippen LogP) is 4.47. The van der Waals surface area contributed by atoms with E-state index in [0.717, 1.165) is 38.9 Å². The third kappa shape index (κ3) is 4.97. The minimum atomic E-state index is -0.423. The summed E-state index contributed by atoms with van der Waals surface area (Å²) in [6.07, 6.45) is 3.26. The van der Waals surface area contributed by atoms with Crippen molar-refractivity contribution in [3.8, 4) is 0 Å². The van der Waals surface area contributed by atoms with Gasteiger partial charge < -0.3 is 9.64 Å². The van der Waals surface area contributed by atoms with Gasteiger partial charge in [-0.1, -0.05) is 30.3 Å². The fourth-order valence-corrected chi connectivity index (χ4v) is 3.66. The van der Waals surface area contributed by atoms with Crippen LogP contribution in [0.4, 0.5) is 4.79 Å². The van der Waals surface area contributed by atoms with Crippen LogP contribution in [-0.2, 0) is 4.74 Å². The molecule has 2 aliphatic rings. The smallest absolute Gasteiger partial charge is 0.410 e. The summed E-state index contributed by atoms with van der Waals surface area (Å²) in [5.41, 5.74) is 0.947. The van der Waals surface area contributed by atoms with Crippen molar-refractivity contribution < 1.29 is 9.53 Å². The van der Waals surface area contributed by atoms with Gasteiger partial charge in [0.1, 0.15) is 5.60 Å². The topological polar surface area (TPSA) is 32.8 Å². The van der Waals surface area contributed by atoms with E-state index in [4.69, 9.17) is 4.74 Å². The van der Waals surface area contributed by atoms with Crippen molar-refractivity contribution in [2.75, 3.05) is 19.6 Å². The zero-order valence-electron chi connectivity index (χ0n) is 16.1. The van der Waals surface area contributed by atoms with Gasteiger partial charge in [0.2, 0.25) is 0 Å². The highest BCUT2D eigenvalue weighted by molar-refractivity contribution is 5.69. The van der Waals surface area contributed by atoms with E-state index in [0.29, 0.717) is 18.0 Å². The summed E-state index contributed by atoms with van der Waals surface area (Å²) in [6.45, 7) is 11.1. The average molecular weight is 344 g/mol. The van der Waals surface area contributed by atoms with Crippen LogP contribution < -0.4 is 0 Å². The lowest BCUT2D eigenvalue weighted by atomic mass is 10.1. The Labute approximate surface area is 152 Å². The molecule has 1 aliphatic heterocycles. The Kier molecular flexibility index (Phi) is 5.38. The fourth-order valence-electron chi connectivity index (χ4n) is 3.66. The minimum Gasteiger partial charge on any atom is -0.444 e. The molecule has 1 amide bonds. The number of carbonyl (C=O) groups is 1. The van der Waals surface area contributed by atoms with E-state index >= 15 is 0 Å². The molecule has 0 aromatic heterocycles. The molecule has 1 heterocycles. The van der Waals surface area contributed by atoms with E-state index in [9.17, 15) is 4.79 Å². The second-order valence-corrected chi connectivity index (χ2v) is 8.60. The zero-order valence-corrected chi connectivity index (χ0v) is 16.1. The molecule has 2 fully saturated rings. The van der Waals surface area contributed by atoms with Crippen LogP contribution in [0.25, 0.3) is 0 Å². The molecule has 4 heteroatoms. The van der Waals surface area contributed by atoms with Crippen molar-refractivity contribution in [1.82, 2.24) is 9.80 Å². The molecule has 4 nitrogen and oxygen atoms in total. The molecule has 2 atom stereocenters. The first-order valence-electron chi connectivity index (χ1n) is 9.62. The number of amides is 1. The molecular formula is C21H32N2O2. The molecule has 138 valence electrons. The van der Waals surface area contributed by atoms with Gasteiger partial charge in [-0.2, -0.15) is 0 Å². The maximum atomic E-state index is 12.6. The number of nitrogens with zero attached hydrogens (tertiary/aromatic N) is 2. The molecule has 1 aromatic rings. The molecule has 0 radical (unpaired) electrons. The van der Waals surface area contributed by atoms with Crippen LogP contribution in [-0.4, -0.2) is 47.2 Å². The molecule has 0 bridgehead atoms. The van der Waals surface area contributed by atoms with Gasteiger partial charge >= 0.3 is 6.09 Å². The predicted molar refractivity (Wildman–Crippen MR) is 100 cm³/mol. The standard InChI is InChI=1S/C21H32N2O2/c1-16(18-8-6-5-7-9-18)22-13-12-17(14-22)15-23(19-10-11-19)20(24)25-21(2,3)4/h5-9,16-17,19H,10-15H2,1-4H3/t16-,17-/m1/s1. The SMILES string of the molecule is C[C@H](c1ccccc1)N1CC[C@@H](CN(C(=O)OC(C)(C)C)C2CC2)C1. The Balaban J connectivity index is 1.57. The van der Waals surface area contributed by atoms with Crippen LogP contribution in [0.15, 0.2) is 30.3 Å². The average Bonchev–Trinajstić information content (AvgIpc) is 3.29. The number of likely N-dealkylation sites (tertiary alicyclic amines) is 1. The Morgan fingerprint density at radius 2 is 1.92 bits per heavy atom. The zero-order chi connectivity index (χ0) is 18.0. The first-order valence-corrected chi connectivity index (χ1v) is 9.62. The van der Waals surface area contributed by atoms with Crippen molar-refractivity contribution in [3.63, 3.8) is 0 Å². The maximum absolute atomic E-state index is 12.6. The summed E-state index contributed by atoms with van der Waals surface area (Å²) < 4.78 is 5.63. The number of benzene rings is 1. The Bertz CT molecular complexity index is 577. The summed E-state index contributed by atoms with van der Waals surface area (Å²) in [5.74, 6) is 0.541. The third-order valence-corrected chi connectivity index (χ3v) is 5.22. The third-order valence-electron chi connectivity index (χ3n) is 5.22. The molecule has 3 rings (SSSR count). The lowest BCUT2D eigenvalue weighted by Gasteiger charge is -2.30. The summed E-state index contributed by atoms with van der Waals surface area (Å²) in [7, 11) is 0. The van der Waals surface area contributed by atoms with Gasteiger partial charge in [-0.05, 0) is 65.0 Å². The summed E-state index contributed by atoms with van der Waals surface area (Å²) in [4.78, 5) is 17.1. The number of rotatable bonds is 5. The van der Waals surface area contributed by atoms with Gasteiger partial charge in [-0.3, -0.25) is 4.90 Å². The van der Waals surface area contributed by atoms with Crippen LogP contribution in [0.2, 0.25) is 0 Å². The lowest BCUT2D eigenvalue weighted by Crippen LogP contribution is -2.41. The number of hydrogen-bond acceptors (Lipinski definition) is 3. The van der Waals surface area contributed by atoms with E-state index in [1.54, 1.807) is 0 Å². The first kappa shape index (κ1) is 18.2. The normalized spacial score (nSPS) is 22.6. The Morgan fingerprint density at radius 3 is 2.52 bits per heavy atom. The van der Waals surface area contributed by atoms with Gasteiger partial charge in [0.05, 0.1) is 0 Å². The molecule has 1 aliphatic carbocycles.